The zero-order valence-corrected chi connectivity index (χ0v) is 22.3. The van der Waals surface area contributed by atoms with Crippen LogP contribution in [0.2, 0.25) is 0 Å². The van der Waals surface area contributed by atoms with Crippen molar-refractivity contribution in [3.05, 3.63) is 77.2 Å². The highest BCUT2D eigenvalue weighted by atomic mass is 19.4. The highest BCUT2D eigenvalue weighted by molar-refractivity contribution is 5.95. The van der Waals surface area contributed by atoms with Crippen molar-refractivity contribution in [3.8, 4) is 22.8 Å². The Bertz CT molecular complexity index is 1340. The van der Waals surface area contributed by atoms with Gasteiger partial charge in [0.2, 0.25) is 5.60 Å². The number of rotatable bonds is 10. The average molecular weight is 566 g/mol. The maximum absolute atomic E-state index is 14.4. The first-order chi connectivity index (χ1) is 18.5. The van der Waals surface area contributed by atoms with Crippen molar-refractivity contribution < 1.29 is 42.0 Å². The Morgan fingerprint density at radius 1 is 1.07 bits per heavy atom. The van der Waals surface area contributed by atoms with Gasteiger partial charge in [0.05, 0.1) is 31.1 Å². The third-order valence-electron chi connectivity index (χ3n) is 6.01. The van der Waals surface area contributed by atoms with Gasteiger partial charge in [0.25, 0.3) is 5.91 Å². The summed E-state index contributed by atoms with van der Waals surface area (Å²) in [5.41, 5.74) is 1.09. The van der Waals surface area contributed by atoms with Crippen LogP contribution in [0.15, 0.2) is 54.6 Å². The molecular formula is C28H31F4N3O5. The second-order valence-corrected chi connectivity index (χ2v) is 9.92. The third kappa shape index (κ3) is 7.06. The number of hydrogen-bond acceptors (Lipinski definition) is 7. The number of nitrogens with two attached hydrogens (primary N) is 1. The van der Waals surface area contributed by atoms with Crippen molar-refractivity contribution in [2.45, 2.75) is 44.2 Å². The van der Waals surface area contributed by atoms with E-state index in [1.165, 1.54) is 50.4 Å². The lowest BCUT2D eigenvalue weighted by molar-refractivity contribution is -0.265. The number of aliphatic hydroxyl groups is 2. The molecule has 1 aromatic heterocycles. The number of alkyl halides is 3. The minimum Gasteiger partial charge on any atom is -0.493 e. The summed E-state index contributed by atoms with van der Waals surface area (Å²) in [6, 6.07) is 11.3. The quantitative estimate of drug-likeness (QED) is 0.274. The fourth-order valence-electron chi connectivity index (χ4n) is 3.67. The molecule has 1 amide bonds. The number of halogens is 4. The number of pyridine rings is 1. The van der Waals surface area contributed by atoms with Crippen molar-refractivity contribution in [3.63, 3.8) is 0 Å². The van der Waals surface area contributed by atoms with Gasteiger partial charge >= 0.3 is 6.18 Å². The molecule has 0 aliphatic heterocycles. The van der Waals surface area contributed by atoms with E-state index in [4.69, 9.17) is 15.2 Å². The first kappa shape index (κ1) is 30.8. The zero-order valence-electron chi connectivity index (χ0n) is 22.3. The summed E-state index contributed by atoms with van der Waals surface area (Å²) in [6.07, 6.45) is -6.10. The lowest BCUT2D eigenvalue weighted by Gasteiger charge is -2.32. The van der Waals surface area contributed by atoms with Gasteiger partial charge in [-0.1, -0.05) is 0 Å². The van der Waals surface area contributed by atoms with Crippen LogP contribution in [0.5, 0.6) is 11.5 Å². The van der Waals surface area contributed by atoms with Crippen molar-refractivity contribution >= 4 is 5.91 Å². The van der Waals surface area contributed by atoms with E-state index >= 15 is 0 Å². The second-order valence-electron chi connectivity index (χ2n) is 9.92. The standard InChI is InChI=1S/C28H31F4N3O5/c1-16(36)14-40-23-11-18(7-10-22(23)39-4)25(37)34-15-27(38,28(30,31)32)24-13-19(26(2,3)33)12-21(35-24)17-5-8-20(29)9-6-17/h5-13,16,36,38H,14-15,33H2,1-4H3,(H,34,37). The van der Waals surface area contributed by atoms with Crippen LogP contribution in [-0.2, 0) is 11.1 Å². The van der Waals surface area contributed by atoms with Gasteiger partial charge in [-0.2, -0.15) is 13.2 Å². The molecule has 0 aliphatic carbocycles. The number of nitrogens with one attached hydrogen (secondary N) is 1. The van der Waals surface area contributed by atoms with Crippen LogP contribution in [0.25, 0.3) is 11.3 Å². The molecule has 0 saturated heterocycles. The van der Waals surface area contributed by atoms with Crippen molar-refractivity contribution in [2.24, 2.45) is 5.73 Å². The number of aromatic nitrogens is 1. The molecule has 0 fully saturated rings. The predicted molar refractivity (Wildman–Crippen MR) is 139 cm³/mol. The van der Waals surface area contributed by atoms with E-state index in [2.05, 4.69) is 10.3 Å². The highest BCUT2D eigenvalue weighted by Gasteiger charge is 2.56. The number of amides is 1. The van der Waals surface area contributed by atoms with E-state index in [9.17, 15) is 32.6 Å². The first-order valence-corrected chi connectivity index (χ1v) is 12.2. The Morgan fingerprint density at radius 2 is 1.73 bits per heavy atom. The van der Waals surface area contributed by atoms with Gasteiger partial charge in [-0.25, -0.2) is 9.37 Å². The van der Waals surface area contributed by atoms with Crippen LogP contribution in [0.3, 0.4) is 0 Å². The number of benzene rings is 2. The van der Waals surface area contributed by atoms with Crippen LogP contribution in [0.1, 0.15) is 42.4 Å². The maximum Gasteiger partial charge on any atom is 0.424 e. The number of aliphatic hydroxyl groups excluding tert-OH is 1. The first-order valence-electron chi connectivity index (χ1n) is 12.2. The smallest absolute Gasteiger partial charge is 0.424 e. The Hall–Kier alpha value is -3.74. The van der Waals surface area contributed by atoms with Gasteiger partial charge in [0, 0.05) is 16.7 Å². The number of carbonyl (C=O) groups is 1. The fraction of sp³-hybridized carbons (Fsp3) is 0.357. The molecule has 2 aromatic carbocycles. The van der Waals surface area contributed by atoms with E-state index in [1.807, 2.05) is 0 Å². The van der Waals surface area contributed by atoms with E-state index in [0.717, 1.165) is 18.2 Å². The average Bonchev–Trinajstić information content (AvgIpc) is 2.89. The molecule has 12 heteroatoms. The number of carbonyl (C=O) groups excluding carboxylic acids is 1. The Morgan fingerprint density at radius 3 is 2.27 bits per heavy atom. The lowest BCUT2D eigenvalue weighted by Crippen LogP contribution is -2.51. The number of ether oxygens (including phenoxy) is 2. The van der Waals surface area contributed by atoms with E-state index in [-0.39, 0.29) is 34.9 Å². The summed E-state index contributed by atoms with van der Waals surface area (Å²) in [5, 5.41) is 22.6. The molecule has 216 valence electrons. The monoisotopic (exact) mass is 565 g/mol. The van der Waals surface area contributed by atoms with Crippen molar-refractivity contribution in [2.75, 3.05) is 20.3 Å². The fourth-order valence-corrected chi connectivity index (χ4v) is 3.67. The summed E-state index contributed by atoms with van der Waals surface area (Å²) in [5.74, 6) is -1.17. The van der Waals surface area contributed by atoms with Gasteiger partial charge in [0.1, 0.15) is 12.4 Å². The predicted octanol–water partition coefficient (Wildman–Crippen LogP) is 4.03. The van der Waals surface area contributed by atoms with Gasteiger partial charge in [0.15, 0.2) is 11.5 Å². The van der Waals surface area contributed by atoms with Crippen LogP contribution < -0.4 is 20.5 Å². The summed E-state index contributed by atoms with van der Waals surface area (Å²) >= 11 is 0. The molecule has 2 unspecified atom stereocenters. The van der Waals surface area contributed by atoms with Crippen LogP contribution in [0, 0.1) is 5.82 Å². The molecule has 8 nitrogen and oxygen atoms in total. The molecule has 0 aliphatic rings. The molecule has 0 spiro atoms. The Kier molecular flexibility index (Phi) is 9.07. The van der Waals surface area contributed by atoms with Crippen molar-refractivity contribution in [1.82, 2.24) is 10.3 Å². The van der Waals surface area contributed by atoms with E-state index in [1.54, 1.807) is 13.8 Å². The topological polar surface area (TPSA) is 127 Å². The summed E-state index contributed by atoms with van der Waals surface area (Å²) in [4.78, 5) is 16.9. The molecule has 0 radical (unpaired) electrons. The van der Waals surface area contributed by atoms with Crippen LogP contribution in [-0.4, -0.2) is 53.6 Å². The van der Waals surface area contributed by atoms with Gasteiger partial charge in [-0.3, -0.25) is 4.79 Å². The largest absolute Gasteiger partial charge is 0.493 e. The number of methoxy groups -OCH3 is 1. The molecule has 1 heterocycles. The minimum atomic E-state index is -5.27. The SMILES string of the molecule is COc1ccc(C(=O)NCC(O)(c2cc(C(C)(C)N)cc(-c3ccc(F)cc3)n2)C(F)(F)F)cc1OCC(C)O. The third-order valence-corrected chi connectivity index (χ3v) is 6.01. The summed E-state index contributed by atoms with van der Waals surface area (Å²) in [7, 11) is 1.36. The molecular weight excluding hydrogens is 534 g/mol. The van der Waals surface area contributed by atoms with E-state index in [0.29, 0.717) is 5.56 Å². The van der Waals surface area contributed by atoms with Gasteiger partial charge in [-0.05, 0) is 80.9 Å². The van der Waals surface area contributed by atoms with Gasteiger partial charge in [-0.15, -0.1) is 0 Å². The molecule has 3 aromatic rings. The molecule has 0 bridgehead atoms. The van der Waals surface area contributed by atoms with Crippen LogP contribution >= 0.6 is 0 Å². The highest BCUT2D eigenvalue weighted by Crippen LogP contribution is 2.40. The van der Waals surface area contributed by atoms with Crippen molar-refractivity contribution in [1.29, 1.82) is 0 Å². The zero-order chi connectivity index (χ0) is 29.9. The molecule has 0 saturated carbocycles. The number of hydrogen-bond donors (Lipinski definition) is 4. The molecule has 40 heavy (non-hydrogen) atoms. The molecule has 2 atom stereocenters. The van der Waals surface area contributed by atoms with Crippen LogP contribution in [0.4, 0.5) is 17.6 Å². The Labute approximate surface area is 228 Å². The normalized spacial score (nSPS) is 14.3. The molecule has 3 rings (SSSR count). The second kappa shape index (κ2) is 11.8. The lowest BCUT2D eigenvalue weighted by atomic mass is 9.89. The maximum atomic E-state index is 14.4. The Balaban J connectivity index is 2.00. The summed E-state index contributed by atoms with van der Waals surface area (Å²) in [6.45, 7) is 3.21. The number of nitrogens with zero attached hydrogens (tertiary/aromatic N) is 1. The molecule has 5 N–H and O–H groups in total. The summed E-state index contributed by atoms with van der Waals surface area (Å²) < 4.78 is 67.3. The minimum absolute atomic E-state index is 0.0232. The van der Waals surface area contributed by atoms with Gasteiger partial charge < -0.3 is 30.7 Å². The van der Waals surface area contributed by atoms with E-state index < -0.39 is 47.4 Å².